The van der Waals surface area contributed by atoms with Crippen LogP contribution in [0, 0.1) is 0 Å². The number of hydrogen-bond donors (Lipinski definition) is 5. The Hall–Kier alpha value is -3.35. The third-order valence-electron chi connectivity index (χ3n) is 8.66. The molecule has 1 aliphatic heterocycles. The van der Waals surface area contributed by atoms with Crippen molar-refractivity contribution in [1.82, 2.24) is 25.5 Å². The standard InChI is InChI=1S/C33H54N10O2/c1-45-31(44)14-7-21-43-22-15-27(16-23-43)39-32-29-12-5-6-13-30(29)40-33(41-32)38-25-28(42-34)24-36-19-8-17-35-18-9-20-37-26-10-3-2-4-11-26/h5-6,12-13,24,26-27,35,37H,2-4,7-11,14-23,25,34H2,1H3,(H2,38,39,40,41). The number of benzene rings is 1. The second kappa shape index (κ2) is 19.9. The van der Waals surface area contributed by atoms with Crippen molar-refractivity contribution in [3.05, 3.63) is 24.3 Å². The second-order valence-electron chi connectivity index (χ2n) is 12.1. The zero-order valence-electron chi connectivity index (χ0n) is 27.1. The largest absolute Gasteiger partial charge is 0.469 e. The Bertz CT molecular complexity index is 1210. The van der Waals surface area contributed by atoms with Crippen molar-refractivity contribution >= 4 is 40.6 Å². The van der Waals surface area contributed by atoms with Crippen LogP contribution in [0.4, 0.5) is 11.8 Å². The number of esters is 1. The number of methoxy groups -OCH3 is 1. The average Bonchev–Trinajstić information content (AvgIpc) is 3.08. The molecule has 1 aromatic carbocycles. The van der Waals surface area contributed by atoms with Crippen molar-refractivity contribution in [2.75, 3.05) is 70.1 Å². The second-order valence-corrected chi connectivity index (χ2v) is 12.1. The summed E-state index contributed by atoms with van der Waals surface area (Å²) in [5.74, 6) is 6.87. The number of nitrogens with two attached hydrogens (primary N) is 1. The first-order valence-electron chi connectivity index (χ1n) is 16.9. The Morgan fingerprint density at radius 2 is 1.82 bits per heavy atom. The van der Waals surface area contributed by atoms with E-state index in [1.54, 1.807) is 6.21 Å². The highest BCUT2D eigenvalue weighted by atomic mass is 16.5. The van der Waals surface area contributed by atoms with E-state index in [2.05, 4.69) is 36.3 Å². The van der Waals surface area contributed by atoms with Crippen molar-refractivity contribution in [3.63, 3.8) is 0 Å². The lowest BCUT2D eigenvalue weighted by molar-refractivity contribution is -0.140. The van der Waals surface area contributed by atoms with Crippen LogP contribution in [-0.2, 0) is 9.53 Å². The predicted octanol–water partition coefficient (Wildman–Crippen LogP) is 3.55. The number of hydrazone groups is 1. The van der Waals surface area contributed by atoms with Gasteiger partial charge in [-0.25, -0.2) is 4.98 Å². The highest BCUT2D eigenvalue weighted by molar-refractivity contribution is 6.32. The smallest absolute Gasteiger partial charge is 0.305 e. The van der Waals surface area contributed by atoms with E-state index in [1.807, 2.05) is 24.3 Å². The number of carbonyl (C=O) groups excluding carboxylic acids is 1. The summed E-state index contributed by atoms with van der Waals surface area (Å²) in [6, 6.07) is 9.09. The maximum atomic E-state index is 11.4. The molecule has 12 heteroatoms. The molecular formula is C33H54N10O2. The lowest BCUT2D eigenvalue weighted by atomic mass is 9.95. The van der Waals surface area contributed by atoms with Gasteiger partial charge in [0.05, 0.1) is 24.9 Å². The zero-order valence-corrected chi connectivity index (χ0v) is 27.1. The Morgan fingerprint density at radius 3 is 2.62 bits per heavy atom. The number of hydrogen-bond acceptors (Lipinski definition) is 12. The molecule has 0 radical (unpaired) electrons. The van der Waals surface area contributed by atoms with Crippen LogP contribution < -0.4 is 27.1 Å². The number of rotatable bonds is 19. The lowest BCUT2D eigenvalue weighted by Crippen LogP contribution is -2.39. The number of anilines is 2. The topological polar surface area (TPSA) is 154 Å². The Kier molecular flexibility index (Phi) is 15.3. The minimum Gasteiger partial charge on any atom is -0.469 e. The third-order valence-corrected chi connectivity index (χ3v) is 8.66. The number of nitrogens with zero attached hydrogens (tertiary/aromatic N) is 5. The molecule has 6 N–H and O–H groups in total. The molecule has 2 aliphatic rings. The number of ether oxygens (including phenoxy) is 1. The summed E-state index contributed by atoms with van der Waals surface area (Å²) in [5, 5.41) is 19.1. The summed E-state index contributed by atoms with van der Waals surface area (Å²) < 4.78 is 4.75. The highest BCUT2D eigenvalue weighted by Gasteiger charge is 2.21. The monoisotopic (exact) mass is 622 g/mol. The van der Waals surface area contributed by atoms with Crippen LogP contribution >= 0.6 is 0 Å². The van der Waals surface area contributed by atoms with Gasteiger partial charge in [-0.15, -0.1) is 0 Å². The van der Waals surface area contributed by atoms with Crippen molar-refractivity contribution in [2.24, 2.45) is 15.9 Å². The van der Waals surface area contributed by atoms with Gasteiger partial charge in [-0.2, -0.15) is 10.1 Å². The molecule has 45 heavy (non-hydrogen) atoms. The molecule has 0 spiro atoms. The quantitative estimate of drug-likeness (QED) is 0.0517. The number of likely N-dealkylation sites (tertiary alicyclic amines) is 1. The van der Waals surface area contributed by atoms with E-state index < -0.39 is 0 Å². The fourth-order valence-corrected chi connectivity index (χ4v) is 6.02. The van der Waals surface area contributed by atoms with E-state index in [-0.39, 0.29) is 5.97 Å². The summed E-state index contributed by atoms with van der Waals surface area (Å²) >= 11 is 0. The SMILES string of the molecule is COC(=O)CCCN1CCC(Nc2nc(NCC(C=NCCCNCCCNC3CCCCC3)=NN)nc3ccccc23)CC1. The molecule has 2 aromatic rings. The number of carbonyl (C=O) groups is 1. The van der Waals surface area contributed by atoms with Crippen LogP contribution in [-0.4, -0.2) is 104 Å². The average molecular weight is 623 g/mol. The lowest BCUT2D eigenvalue weighted by Gasteiger charge is -2.32. The summed E-state index contributed by atoms with van der Waals surface area (Å²) in [5.41, 5.74) is 1.51. The van der Waals surface area contributed by atoms with Crippen LogP contribution in [0.25, 0.3) is 10.9 Å². The molecule has 1 aromatic heterocycles. The molecule has 2 fully saturated rings. The number of fused-ring (bicyclic) bond motifs is 1. The van der Waals surface area contributed by atoms with Gasteiger partial charge in [0.2, 0.25) is 5.95 Å². The molecule has 2 heterocycles. The fourth-order valence-electron chi connectivity index (χ4n) is 6.02. The molecule has 1 aliphatic carbocycles. The van der Waals surface area contributed by atoms with E-state index in [0.29, 0.717) is 30.7 Å². The molecule has 4 rings (SSSR count). The van der Waals surface area contributed by atoms with E-state index in [4.69, 9.17) is 20.5 Å². The molecule has 12 nitrogen and oxygen atoms in total. The van der Waals surface area contributed by atoms with Crippen LogP contribution in [0.2, 0.25) is 0 Å². The summed E-state index contributed by atoms with van der Waals surface area (Å²) in [6.45, 7) is 7.05. The summed E-state index contributed by atoms with van der Waals surface area (Å²) in [4.78, 5) is 27.9. The van der Waals surface area contributed by atoms with Gasteiger partial charge in [0.25, 0.3) is 0 Å². The highest BCUT2D eigenvalue weighted by Crippen LogP contribution is 2.25. The first kappa shape index (κ1) is 34.5. The van der Waals surface area contributed by atoms with Crippen LogP contribution in [0.1, 0.15) is 70.6 Å². The van der Waals surface area contributed by atoms with Crippen LogP contribution in [0.5, 0.6) is 0 Å². The summed E-state index contributed by atoms with van der Waals surface area (Å²) in [6.07, 6.45) is 14.0. The van der Waals surface area contributed by atoms with Gasteiger partial charge in [-0.3, -0.25) is 9.79 Å². The van der Waals surface area contributed by atoms with Crippen molar-refractivity contribution < 1.29 is 9.53 Å². The van der Waals surface area contributed by atoms with Crippen molar-refractivity contribution in [3.8, 4) is 0 Å². The Balaban J connectivity index is 1.16. The van der Waals surface area contributed by atoms with Crippen LogP contribution in [0.15, 0.2) is 34.4 Å². The van der Waals surface area contributed by atoms with Gasteiger partial charge in [0, 0.05) is 49.7 Å². The van der Waals surface area contributed by atoms with Gasteiger partial charge in [0.1, 0.15) is 5.82 Å². The van der Waals surface area contributed by atoms with Crippen LogP contribution in [0.3, 0.4) is 0 Å². The molecule has 1 saturated heterocycles. The van der Waals surface area contributed by atoms with Gasteiger partial charge in [-0.05, 0) is 83.3 Å². The first-order chi connectivity index (χ1) is 22.1. The number of nitrogens with one attached hydrogen (secondary N) is 4. The van der Waals surface area contributed by atoms with Crippen molar-refractivity contribution in [1.29, 1.82) is 0 Å². The van der Waals surface area contributed by atoms with Gasteiger partial charge in [0.15, 0.2) is 0 Å². The molecule has 248 valence electrons. The molecule has 0 amide bonds. The number of aromatic nitrogens is 2. The third kappa shape index (κ3) is 12.5. The molecule has 0 atom stereocenters. The predicted molar refractivity (Wildman–Crippen MR) is 184 cm³/mol. The van der Waals surface area contributed by atoms with E-state index in [1.165, 1.54) is 39.2 Å². The Morgan fingerprint density at radius 1 is 1.02 bits per heavy atom. The Labute approximate surface area is 268 Å². The first-order valence-corrected chi connectivity index (χ1v) is 16.9. The summed E-state index contributed by atoms with van der Waals surface area (Å²) in [7, 11) is 1.44. The minimum absolute atomic E-state index is 0.143. The van der Waals surface area contributed by atoms with Gasteiger partial charge >= 0.3 is 5.97 Å². The maximum absolute atomic E-state index is 11.4. The minimum atomic E-state index is -0.143. The number of aliphatic imine (C=N–C) groups is 1. The van der Waals surface area contributed by atoms with E-state index in [9.17, 15) is 4.79 Å². The molecule has 1 saturated carbocycles. The molecule has 0 bridgehead atoms. The maximum Gasteiger partial charge on any atom is 0.305 e. The van der Waals surface area contributed by atoms with E-state index >= 15 is 0 Å². The van der Waals surface area contributed by atoms with Gasteiger partial charge < -0.3 is 36.7 Å². The molecule has 0 unspecified atom stereocenters. The van der Waals surface area contributed by atoms with Gasteiger partial charge in [-0.1, -0.05) is 31.4 Å². The zero-order chi connectivity index (χ0) is 31.5. The molecular weight excluding hydrogens is 568 g/mol. The normalized spacial score (nSPS) is 17.2. The fraction of sp³-hybridized carbons (Fsp3) is 0.667. The number of para-hydroxylation sites is 1. The van der Waals surface area contributed by atoms with E-state index in [0.717, 1.165) is 101 Å². The van der Waals surface area contributed by atoms with Crippen molar-refractivity contribution in [2.45, 2.75) is 82.7 Å². The number of piperidine rings is 1.